The van der Waals surface area contributed by atoms with Gasteiger partial charge in [0.05, 0.1) is 18.3 Å². The fourth-order valence-corrected chi connectivity index (χ4v) is 3.01. The van der Waals surface area contributed by atoms with E-state index >= 15 is 0 Å². The van der Waals surface area contributed by atoms with Gasteiger partial charge in [0.1, 0.15) is 0 Å². The Balaban J connectivity index is 2.98. The first-order chi connectivity index (χ1) is 8.23. The molecule has 0 bridgehead atoms. The molecule has 1 aliphatic rings. The van der Waals surface area contributed by atoms with Crippen molar-refractivity contribution in [1.82, 2.24) is 0 Å². The summed E-state index contributed by atoms with van der Waals surface area (Å²) < 4.78 is 6.02. The standard InChI is InChI=1S/C15H27NO2/c1-11(17)12(2)18-15(10-16)9-7-6-8-13(15)14(3,4)5/h11-13,17H,6-9H2,1-5H3. The summed E-state index contributed by atoms with van der Waals surface area (Å²) in [4.78, 5) is 0. The molecular formula is C15H27NO2. The van der Waals surface area contributed by atoms with Gasteiger partial charge in [-0.2, -0.15) is 5.26 Å². The predicted molar refractivity (Wildman–Crippen MR) is 72.0 cm³/mol. The molecule has 104 valence electrons. The molecule has 0 aromatic carbocycles. The molecule has 18 heavy (non-hydrogen) atoms. The maximum Gasteiger partial charge on any atom is 0.157 e. The highest BCUT2D eigenvalue weighted by molar-refractivity contribution is 5.11. The molecule has 1 saturated carbocycles. The van der Waals surface area contributed by atoms with Gasteiger partial charge in [-0.15, -0.1) is 0 Å². The zero-order valence-electron chi connectivity index (χ0n) is 12.4. The van der Waals surface area contributed by atoms with Gasteiger partial charge in [0.25, 0.3) is 0 Å². The molecule has 0 saturated heterocycles. The first kappa shape index (κ1) is 15.5. The molecule has 1 aliphatic carbocycles. The van der Waals surface area contributed by atoms with Gasteiger partial charge in [0, 0.05) is 5.92 Å². The first-order valence-electron chi connectivity index (χ1n) is 7.00. The van der Waals surface area contributed by atoms with Crippen LogP contribution in [0.4, 0.5) is 0 Å². The number of aliphatic hydroxyl groups is 1. The lowest BCUT2D eigenvalue weighted by Crippen LogP contribution is -2.50. The molecule has 0 amide bonds. The first-order valence-corrected chi connectivity index (χ1v) is 7.00. The highest BCUT2D eigenvalue weighted by atomic mass is 16.5. The zero-order chi connectivity index (χ0) is 14.0. The van der Waals surface area contributed by atoms with E-state index in [1.165, 1.54) is 0 Å². The van der Waals surface area contributed by atoms with Gasteiger partial charge in [-0.1, -0.05) is 27.2 Å². The minimum Gasteiger partial charge on any atom is -0.391 e. The number of rotatable bonds is 3. The van der Waals surface area contributed by atoms with Crippen LogP contribution in [0.5, 0.6) is 0 Å². The Morgan fingerprint density at radius 2 is 1.94 bits per heavy atom. The fourth-order valence-electron chi connectivity index (χ4n) is 3.01. The van der Waals surface area contributed by atoms with Crippen molar-refractivity contribution in [1.29, 1.82) is 5.26 Å². The van der Waals surface area contributed by atoms with Crippen LogP contribution in [-0.4, -0.2) is 22.9 Å². The van der Waals surface area contributed by atoms with Crippen molar-refractivity contribution in [3.05, 3.63) is 0 Å². The summed E-state index contributed by atoms with van der Waals surface area (Å²) in [6.07, 6.45) is 3.17. The smallest absolute Gasteiger partial charge is 0.157 e. The van der Waals surface area contributed by atoms with E-state index in [0.29, 0.717) is 0 Å². The van der Waals surface area contributed by atoms with Crippen LogP contribution in [0.15, 0.2) is 0 Å². The Morgan fingerprint density at radius 3 is 2.39 bits per heavy atom. The van der Waals surface area contributed by atoms with E-state index in [2.05, 4.69) is 26.8 Å². The third kappa shape index (κ3) is 3.24. The Hall–Kier alpha value is -0.590. The number of aliphatic hydroxyl groups excluding tert-OH is 1. The van der Waals surface area contributed by atoms with Gasteiger partial charge in [0.15, 0.2) is 5.60 Å². The average molecular weight is 253 g/mol. The summed E-state index contributed by atoms with van der Waals surface area (Å²) in [7, 11) is 0. The molecule has 0 aromatic rings. The summed E-state index contributed by atoms with van der Waals surface area (Å²) in [6.45, 7) is 10.1. The molecule has 1 fully saturated rings. The molecular weight excluding hydrogens is 226 g/mol. The maximum atomic E-state index is 9.65. The summed E-state index contributed by atoms with van der Waals surface area (Å²) in [5.41, 5.74) is -0.679. The lowest BCUT2D eigenvalue weighted by molar-refractivity contribution is -0.154. The normalized spacial score (nSPS) is 32.6. The second kappa shape index (κ2) is 5.59. The molecule has 1 rings (SSSR count). The molecule has 1 N–H and O–H groups in total. The van der Waals surface area contributed by atoms with Crippen LogP contribution in [0.3, 0.4) is 0 Å². The van der Waals surface area contributed by atoms with E-state index in [-0.39, 0.29) is 17.4 Å². The molecule has 0 aromatic heterocycles. The van der Waals surface area contributed by atoms with E-state index < -0.39 is 11.7 Å². The maximum absolute atomic E-state index is 9.65. The Labute approximate surface area is 111 Å². The minimum atomic E-state index is -0.729. The van der Waals surface area contributed by atoms with Crippen LogP contribution in [0, 0.1) is 22.7 Å². The summed E-state index contributed by atoms with van der Waals surface area (Å²) in [5, 5.41) is 19.3. The van der Waals surface area contributed by atoms with Crippen LogP contribution in [-0.2, 0) is 4.74 Å². The average Bonchev–Trinajstić information content (AvgIpc) is 2.28. The second-order valence-electron chi connectivity index (χ2n) is 6.73. The topological polar surface area (TPSA) is 53.2 Å². The Morgan fingerprint density at radius 1 is 1.33 bits per heavy atom. The third-order valence-corrected chi connectivity index (χ3v) is 4.16. The van der Waals surface area contributed by atoms with Crippen molar-refractivity contribution in [3.63, 3.8) is 0 Å². The fraction of sp³-hybridized carbons (Fsp3) is 0.933. The van der Waals surface area contributed by atoms with Gasteiger partial charge < -0.3 is 9.84 Å². The van der Waals surface area contributed by atoms with Crippen molar-refractivity contribution >= 4 is 0 Å². The van der Waals surface area contributed by atoms with Crippen molar-refractivity contribution in [2.45, 2.75) is 78.1 Å². The summed E-state index contributed by atoms with van der Waals surface area (Å²) in [6, 6.07) is 2.43. The van der Waals surface area contributed by atoms with Crippen molar-refractivity contribution in [2.24, 2.45) is 11.3 Å². The van der Waals surface area contributed by atoms with E-state index in [0.717, 1.165) is 25.7 Å². The van der Waals surface area contributed by atoms with Gasteiger partial charge in [-0.3, -0.25) is 0 Å². The SMILES string of the molecule is CC(O)C(C)OC1(C#N)CCCCC1C(C)(C)C. The molecule has 0 radical (unpaired) electrons. The quantitative estimate of drug-likeness (QED) is 0.839. The van der Waals surface area contributed by atoms with Gasteiger partial charge in [-0.05, 0) is 38.5 Å². The van der Waals surface area contributed by atoms with Crippen LogP contribution < -0.4 is 0 Å². The van der Waals surface area contributed by atoms with Crippen LogP contribution in [0.2, 0.25) is 0 Å². The van der Waals surface area contributed by atoms with E-state index in [1.54, 1.807) is 6.92 Å². The minimum absolute atomic E-state index is 0.0502. The van der Waals surface area contributed by atoms with Gasteiger partial charge in [0.2, 0.25) is 0 Å². The van der Waals surface area contributed by atoms with Crippen LogP contribution in [0.25, 0.3) is 0 Å². The molecule has 4 unspecified atom stereocenters. The van der Waals surface area contributed by atoms with Gasteiger partial charge in [-0.25, -0.2) is 0 Å². The lowest BCUT2D eigenvalue weighted by Gasteiger charge is -2.46. The molecule has 4 atom stereocenters. The number of hydrogen-bond donors (Lipinski definition) is 1. The van der Waals surface area contributed by atoms with E-state index in [9.17, 15) is 10.4 Å². The highest BCUT2D eigenvalue weighted by Crippen LogP contribution is 2.46. The monoisotopic (exact) mass is 253 g/mol. The van der Waals surface area contributed by atoms with Crippen LogP contribution >= 0.6 is 0 Å². The molecule has 3 nitrogen and oxygen atoms in total. The number of nitriles is 1. The third-order valence-electron chi connectivity index (χ3n) is 4.16. The highest BCUT2D eigenvalue weighted by Gasteiger charge is 2.48. The second-order valence-corrected chi connectivity index (χ2v) is 6.73. The largest absolute Gasteiger partial charge is 0.391 e. The van der Waals surface area contributed by atoms with Gasteiger partial charge >= 0.3 is 0 Å². The number of ether oxygens (including phenoxy) is 1. The lowest BCUT2D eigenvalue weighted by atomic mass is 9.64. The molecule has 0 heterocycles. The summed E-state index contributed by atoms with van der Waals surface area (Å²) in [5.74, 6) is 0.227. The number of hydrogen-bond acceptors (Lipinski definition) is 3. The Bertz CT molecular complexity index is 313. The van der Waals surface area contributed by atoms with Crippen molar-refractivity contribution in [3.8, 4) is 6.07 Å². The predicted octanol–water partition coefficient (Wildman–Crippen LogP) is 3.27. The zero-order valence-corrected chi connectivity index (χ0v) is 12.4. The Kier molecular flexibility index (Phi) is 4.80. The molecule has 0 aliphatic heterocycles. The molecule has 3 heteroatoms. The summed E-state index contributed by atoms with van der Waals surface area (Å²) >= 11 is 0. The number of nitrogens with zero attached hydrogens (tertiary/aromatic N) is 1. The molecule has 0 spiro atoms. The van der Waals surface area contributed by atoms with E-state index in [1.807, 2.05) is 6.92 Å². The van der Waals surface area contributed by atoms with E-state index in [4.69, 9.17) is 4.74 Å². The van der Waals surface area contributed by atoms with Crippen molar-refractivity contribution in [2.75, 3.05) is 0 Å². The van der Waals surface area contributed by atoms with Crippen molar-refractivity contribution < 1.29 is 9.84 Å². The van der Waals surface area contributed by atoms with Crippen LogP contribution in [0.1, 0.15) is 60.3 Å².